The summed E-state index contributed by atoms with van der Waals surface area (Å²) in [7, 11) is 2.09. The molecule has 1 fully saturated rings. The third-order valence-corrected chi connectivity index (χ3v) is 3.93. The van der Waals surface area contributed by atoms with Gasteiger partial charge in [-0.05, 0) is 20.9 Å². The molecule has 15 heavy (non-hydrogen) atoms. The lowest BCUT2D eigenvalue weighted by Gasteiger charge is -2.31. The van der Waals surface area contributed by atoms with Gasteiger partial charge in [0.05, 0.1) is 6.04 Å². The Kier molecular flexibility index (Phi) is 2.77. The Morgan fingerprint density at radius 1 is 1.60 bits per heavy atom. The maximum absolute atomic E-state index is 11.6. The average Bonchev–Trinajstić information content (AvgIpc) is 2.42. The van der Waals surface area contributed by atoms with Gasteiger partial charge >= 0.3 is 0 Å². The van der Waals surface area contributed by atoms with E-state index >= 15 is 0 Å². The summed E-state index contributed by atoms with van der Waals surface area (Å²) in [6.45, 7) is 4.77. The maximum atomic E-state index is 11.6. The standard InChI is InChI=1S/C10H17N3OS/c1-10(2)9(14)11-8(12-10)7-6-15-5-4-13(7)3/h7H,4-6H2,1-3H3,(H,11,12,14). The molecule has 2 aliphatic rings. The van der Waals surface area contributed by atoms with Crippen molar-refractivity contribution in [2.24, 2.45) is 4.99 Å². The molecule has 0 aromatic heterocycles. The van der Waals surface area contributed by atoms with Crippen molar-refractivity contribution in [1.29, 1.82) is 0 Å². The second kappa shape index (κ2) is 3.79. The minimum absolute atomic E-state index is 0.0153. The van der Waals surface area contributed by atoms with Crippen LogP contribution in [0.3, 0.4) is 0 Å². The van der Waals surface area contributed by atoms with E-state index in [4.69, 9.17) is 0 Å². The van der Waals surface area contributed by atoms with E-state index in [1.54, 1.807) is 0 Å². The number of thioether (sulfide) groups is 1. The van der Waals surface area contributed by atoms with Gasteiger partial charge in [-0.25, -0.2) is 0 Å². The Bertz CT molecular complexity index is 314. The number of hydrogen-bond acceptors (Lipinski definition) is 4. The van der Waals surface area contributed by atoms with Crippen LogP contribution in [0.25, 0.3) is 0 Å². The van der Waals surface area contributed by atoms with Gasteiger partial charge in [0, 0.05) is 18.1 Å². The van der Waals surface area contributed by atoms with Crippen molar-refractivity contribution in [2.75, 3.05) is 25.1 Å². The molecule has 0 aromatic rings. The third kappa shape index (κ3) is 2.03. The van der Waals surface area contributed by atoms with Gasteiger partial charge in [-0.3, -0.25) is 14.7 Å². The summed E-state index contributed by atoms with van der Waals surface area (Å²) in [5.41, 5.74) is -0.585. The first kappa shape index (κ1) is 11.0. The third-order valence-electron chi connectivity index (χ3n) is 2.91. The van der Waals surface area contributed by atoms with Crippen molar-refractivity contribution in [1.82, 2.24) is 10.2 Å². The highest BCUT2D eigenvalue weighted by Crippen LogP contribution is 2.21. The highest BCUT2D eigenvalue weighted by molar-refractivity contribution is 7.99. The van der Waals surface area contributed by atoms with Crippen LogP contribution in [0.5, 0.6) is 0 Å². The van der Waals surface area contributed by atoms with Crippen LogP contribution in [-0.4, -0.2) is 53.3 Å². The van der Waals surface area contributed by atoms with E-state index in [0.717, 1.165) is 23.9 Å². The molecule has 2 aliphatic heterocycles. The molecule has 0 spiro atoms. The second-order valence-electron chi connectivity index (χ2n) is 4.58. The monoisotopic (exact) mass is 227 g/mol. The van der Waals surface area contributed by atoms with E-state index in [0.29, 0.717) is 0 Å². The minimum atomic E-state index is -0.585. The Morgan fingerprint density at radius 3 is 2.87 bits per heavy atom. The van der Waals surface area contributed by atoms with Crippen LogP contribution in [0, 0.1) is 0 Å². The highest BCUT2D eigenvalue weighted by Gasteiger charge is 2.38. The normalized spacial score (nSPS) is 31.3. The van der Waals surface area contributed by atoms with Crippen molar-refractivity contribution in [2.45, 2.75) is 25.4 Å². The molecule has 5 heteroatoms. The van der Waals surface area contributed by atoms with E-state index in [2.05, 4.69) is 22.3 Å². The molecule has 0 bridgehead atoms. The van der Waals surface area contributed by atoms with Gasteiger partial charge < -0.3 is 5.32 Å². The Hall–Kier alpha value is -0.550. The lowest BCUT2D eigenvalue weighted by Crippen LogP contribution is -2.49. The number of rotatable bonds is 1. The second-order valence-corrected chi connectivity index (χ2v) is 5.73. The van der Waals surface area contributed by atoms with Gasteiger partial charge in [-0.2, -0.15) is 11.8 Å². The number of amides is 1. The first-order valence-electron chi connectivity index (χ1n) is 5.20. The Balaban J connectivity index is 2.15. The van der Waals surface area contributed by atoms with Crippen LogP contribution in [-0.2, 0) is 4.79 Å². The van der Waals surface area contributed by atoms with Gasteiger partial charge in [0.25, 0.3) is 5.91 Å². The van der Waals surface area contributed by atoms with E-state index in [1.807, 2.05) is 25.6 Å². The molecule has 0 aromatic carbocycles. The Morgan fingerprint density at radius 2 is 2.33 bits per heavy atom. The van der Waals surface area contributed by atoms with E-state index in [9.17, 15) is 4.79 Å². The molecule has 2 rings (SSSR count). The summed E-state index contributed by atoms with van der Waals surface area (Å²) in [4.78, 5) is 18.3. The molecule has 0 aliphatic carbocycles. The van der Waals surface area contributed by atoms with E-state index in [-0.39, 0.29) is 11.9 Å². The van der Waals surface area contributed by atoms with Crippen molar-refractivity contribution >= 4 is 23.5 Å². The molecule has 0 radical (unpaired) electrons. The van der Waals surface area contributed by atoms with Gasteiger partial charge in [0.2, 0.25) is 0 Å². The van der Waals surface area contributed by atoms with Crippen LogP contribution in [0.1, 0.15) is 13.8 Å². The summed E-state index contributed by atoms with van der Waals surface area (Å²) in [5.74, 6) is 3.05. The van der Waals surface area contributed by atoms with Gasteiger partial charge in [-0.15, -0.1) is 0 Å². The predicted octanol–water partition coefficient (Wildman–Crippen LogP) is 0.340. The number of nitrogens with zero attached hydrogens (tertiary/aromatic N) is 2. The zero-order chi connectivity index (χ0) is 11.1. The predicted molar refractivity (Wildman–Crippen MR) is 63.4 cm³/mol. The molecule has 4 nitrogen and oxygen atoms in total. The van der Waals surface area contributed by atoms with E-state index < -0.39 is 5.54 Å². The van der Waals surface area contributed by atoms with Crippen molar-refractivity contribution in [3.8, 4) is 0 Å². The summed E-state index contributed by atoms with van der Waals surface area (Å²) >= 11 is 1.92. The summed E-state index contributed by atoms with van der Waals surface area (Å²) < 4.78 is 0. The summed E-state index contributed by atoms with van der Waals surface area (Å²) in [6.07, 6.45) is 0. The number of nitrogens with one attached hydrogen (secondary N) is 1. The number of carbonyl (C=O) groups excluding carboxylic acids is 1. The molecule has 2 heterocycles. The topological polar surface area (TPSA) is 44.7 Å². The summed E-state index contributed by atoms with van der Waals surface area (Å²) in [6, 6.07) is 0.273. The molecular formula is C10H17N3OS. The quantitative estimate of drug-likeness (QED) is 0.702. The summed E-state index contributed by atoms with van der Waals surface area (Å²) in [5, 5.41) is 2.90. The first-order chi connectivity index (χ1) is 7.00. The highest BCUT2D eigenvalue weighted by atomic mass is 32.2. The molecule has 1 amide bonds. The number of carbonyl (C=O) groups is 1. The van der Waals surface area contributed by atoms with Crippen LogP contribution in [0.2, 0.25) is 0 Å². The fourth-order valence-corrected chi connectivity index (χ4v) is 3.00. The molecule has 1 unspecified atom stereocenters. The maximum Gasteiger partial charge on any atom is 0.252 e. The smallest absolute Gasteiger partial charge is 0.252 e. The fourth-order valence-electron chi connectivity index (χ4n) is 1.78. The van der Waals surface area contributed by atoms with Crippen LogP contribution < -0.4 is 5.32 Å². The molecule has 1 N–H and O–H groups in total. The number of aliphatic imine (C=N–C) groups is 1. The van der Waals surface area contributed by atoms with Crippen LogP contribution in [0.4, 0.5) is 0 Å². The lowest BCUT2D eigenvalue weighted by atomic mass is 10.1. The molecule has 0 saturated carbocycles. The molecular weight excluding hydrogens is 210 g/mol. The van der Waals surface area contributed by atoms with Crippen molar-refractivity contribution in [3.05, 3.63) is 0 Å². The van der Waals surface area contributed by atoms with E-state index in [1.165, 1.54) is 0 Å². The van der Waals surface area contributed by atoms with Crippen molar-refractivity contribution < 1.29 is 4.79 Å². The van der Waals surface area contributed by atoms with Gasteiger partial charge in [-0.1, -0.05) is 0 Å². The van der Waals surface area contributed by atoms with Gasteiger partial charge in [0.15, 0.2) is 0 Å². The minimum Gasteiger partial charge on any atom is -0.311 e. The number of hydrogen-bond donors (Lipinski definition) is 1. The first-order valence-corrected chi connectivity index (χ1v) is 6.35. The zero-order valence-electron chi connectivity index (χ0n) is 9.41. The molecule has 1 saturated heterocycles. The number of amidine groups is 1. The van der Waals surface area contributed by atoms with Gasteiger partial charge in [0.1, 0.15) is 11.4 Å². The lowest BCUT2D eigenvalue weighted by molar-refractivity contribution is -0.122. The molecule has 84 valence electrons. The average molecular weight is 227 g/mol. The van der Waals surface area contributed by atoms with Crippen LogP contribution >= 0.6 is 11.8 Å². The zero-order valence-corrected chi connectivity index (χ0v) is 10.2. The fraction of sp³-hybridized carbons (Fsp3) is 0.800. The van der Waals surface area contributed by atoms with Crippen LogP contribution in [0.15, 0.2) is 4.99 Å². The SMILES string of the molecule is CN1CCSCC1C1=NC(C)(C)C(=O)N1. The Labute approximate surface area is 94.5 Å². The number of likely N-dealkylation sites (N-methyl/N-ethyl adjacent to an activating group) is 1. The van der Waals surface area contributed by atoms with Crippen molar-refractivity contribution in [3.63, 3.8) is 0 Å². The largest absolute Gasteiger partial charge is 0.311 e. The molecule has 1 atom stereocenters.